The molecule has 2 fully saturated rings. The lowest BCUT2D eigenvalue weighted by Gasteiger charge is -2.40. The van der Waals surface area contributed by atoms with Crippen molar-refractivity contribution >= 4 is 29.9 Å². The van der Waals surface area contributed by atoms with Crippen LogP contribution >= 0.6 is 24.0 Å². The number of rotatable bonds is 6. The number of nitrogens with zero attached hydrogens (tertiary/aromatic N) is 2. The van der Waals surface area contributed by atoms with Crippen molar-refractivity contribution in [2.45, 2.75) is 70.5 Å². The first kappa shape index (κ1) is 24.1. The van der Waals surface area contributed by atoms with Crippen molar-refractivity contribution in [3.8, 4) is 11.5 Å². The van der Waals surface area contributed by atoms with E-state index in [0.717, 1.165) is 30.7 Å². The number of hydrogen-bond acceptors (Lipinski definition) is 4. The summed E-state index contributed by atoms with van der Waals surface area (Å²) in [6.45, 7) is 5.63. The second kappa shape index (κ2) is 12.5. The van der Waals surface area contributed by atoms with Gasteiger partial charge < -0.3 is 20.5 Å². The Kier molecular flexibility index (Phi) is 10.3. The van der Waals surface area contributed by atoms with E-state index >= 15 is 0 Å². The van der Waals surface area contributed by atoms with E-state index in [0.29, 0.717) is 18.3 Å². The molecule has 3 N–H and O–H groups in total. The minimum absolute atomic E-state index is 0. The molecule has 0 bridgehead atoms. The highest BCUT2D eigenvalue weighted by molar-refractivity contribution is 14.0. The zero-order valence-corrected chi connectivity index (χ0v) is 20.2. The van der Waals surface area contributed by atoms with E-state index in [-0.39, 0.29) is 29.7 Å². The molecule has 1 aliphatic heterocycles. The SMILES string of the molecule is CCNC(=NCc1cccc(OC)c1O)NC1CCCN(C2CCCCC2)C1.I. The molecule has 6 nitrogen and oxygen atoms in total. The minimum atomic E-state index is 0. The topological polar surface area (TPSA) is 69.1 Å². The molecule has 1 atom stereocenters. The number of guanidine groups is 1. The first-order chi connectivity index (χ1) is 13.7. The van der Waals surface area contributed by atoms with E-state index in [4.69, 9.17) is 9.73 Å². The van der Waals surface area contributed by atoms with Gasteiger partial charge in [-0.05, 0) is 45.2 Å². The van der Waals surface area contributed by atoms with E-state index in [2.05, 4.69) is 22.5 Å². The monoisotopic (exact) mass is 516 g/mol. The van der Waals surface area contributed by atoms with Gasteiger partial charge in [-0.2, -0.15) is 0 Å². The van der Waals surface area contributed by atoms with Gasteiger partial charge in [0.25, 0.3) is 0 Å². The molecule has 1 heterocycles. The Labute approximate surface area is 192 Å². The average molecular weight is 516 g/mol. The summed E-state index contributed by atoms with van der Waals surface area (Å²) in [6, 6.07) is 6.72. The van der Waals surface area contributed by atoms with Gasteiger partial charge >= 0.3 is 0 Å². The molecule has 3 rings (SSSR count). The summed E-state index contributed by atoms with van der Waals surface area (Å²) in [4.78, 5) is 7.40. The number of nitrogens with one attached hydrogen (secondary N) is 2. The van der Waals surface area contributed by atoms with Crippen LogP contribution in [-0.4, -0.2) is 54.8 Å². The molecule has 1 unspecified atom stereocenters. The normalized spacial score (nSPS) is 21.3. The van der Waals surface area contributed by atoms with Crippen LogP contribution in [0.1, 0.15) is 57.4 Å². The third kappa shape index (κ3) is 6.91. The zero-order valence-electron chi connectivity index (χ0n) is 17.8. The number of phenolic OH excluding ortho intramolecular Hbond substituents is 1. The van der Waals surface area contributed by atoms with Crippen molar-refractivity contribution in [3.63, 3.8) is 0 Å². The summed E-state index contributed by atoms with van der Waals surface area (Å²) in [6.07, 6.45) is 9.30. The Morgan fingerprint density at radius 1 is 1.21 bits per heavy atom. The Bertz CT molecular complexity index is 650. The van der Waals surface area contributed by atoms with Crippen LogP contribution in [-0.2, 0) is 6.54 Å². The van der Waals surface area contributed by atoms with Crippen molar-refractivity contribution in [1.82, 2.24) is 15.5 Å². The van der Waals surface area contributed by atoms with Crippen LogP contribution in [0.4, 0.5) is 0 Å². The number of hydrogen-bond donors (Lipinski definition) is 3. The van der Waals surface area contributed by atoms with Gasteiger partial charge in [-0.15, -0.1) is 24.0 Å². The van der Waals surface area contributed by atoms with Crippen LogP contribution in [0, 0.1) is 0 Å². The molecule has 7 heteroatoms. The van der Waals surface area contributed by atoms with Crippen LogP contribution in [0.5, 0.6) is 11.5 Å². The van der Waals surface area contributed by atoms with Gasteiger partial charge in [0.05, 0.1) is 13.7 Å². The lowest BCUT2D eigenvalue weighted by molar-refractivity contribution is 0.115. The molecule has 0 radical (unpaired) electrons. The lowest BCUT2D eigenvalue weighted by atomic mass is 9.92. The summed E-state index contributed by atoms with van der Waals surface area (Å²) >= 11 is 0. The molecular formula is C22H37IN4O2. The van der Waals surface area contributed by atoms with Gasteiger partial charge in [0.1, 0.15) is 0 Å². The van der Waals surface area contributed by atoms with Crippen molar-refractivity contribution in [3.05, 3.63) is 23.8 Å². The number of piperidine rings is 1. The summed E-state index contributed by atoms with van der Waals surface area (Å²) in [7, 11) is 1.56. The highest BCUT2D eigenvalue weighted by atomic mass is 127. The molecule has 164 valence electrons. The minimum Gasteiger partial charge on any atom is -0.504 e. The standard InChI is InChI=1S/C22H36N4O2.HI/c1-3-23-22(24-15-17-9-7-13-20(28-2)21(17)27)25-18-10-8-14-26(16-18)19-11-5-4-6-12-19;/h7,9,13,18-19,27H,3-6,8,10-12,14-16H2,1-2H3,(H2,23,24,25);1H. The van der Waals surface area contributed by atoms with E-state index in [9.17, 15) is 5.11 Å². The quantitative estimate of drug-likeness (QED) is 0.304. The molecule has 2 aliphatic rings. The summed E-state index contributed by atoms with van der Waals surface area (Å²) in [5, 5.41) is 17.3. The molecule has 0 amide bonds. The van der Waals surface area contributed by atoms with E-state index < -0.39 is 0 Å². The number of methoxy groups -OCH3 is 1. The third-order valence-corrected chi connectivity index (χ3v) is 5.94. The second-order valence-corrected chi connectivity index (χ2v) is 7.93. The van der Waals surface area contributed by atoms with Gasteiger partial charge in [0.15, 0.2) is 17.5 Å². The molecule has 1 aliphatic carbocycles. The fourth-order valence-corrected chi connectivity index (χ4v) is 4.44. The molecule has 1 saturated heterocycles. The number of ether oxygens (including phenoxy) is 1. The smallest absolute Gasteiger partial charge is 0.191 e. The third-order valence-electron chi connectivity index (χ3n) is 5.94. The van der Waals surface area contributed by atoms with Crippen LogP contribution in [0.15, 0.2) is 23.2 Å². The summed E-state index contributed by atoms with van der Waals surface area (Å²) in [5.74, 6) is 1.48. The van der Waals surface area contributed by atoms with Crippen molar-refractivity contribution in [1.29, 1.82) is 0 Å². The number of halogens is 1. The van der Waals surface area contributed by atoms with Gasteiger partial charge in [-0.1, -0.05) is 31.4 Å². The summed E-state index contributed by atoms with van der Waals surface area (Å²) < 4.78 is 5.20. The number of aromatic hydroxyl groups is 1. The number of phenols is 1. The van der Waals surface area contributed by atoms with Crippen molar-refractivity contribution < 1.29 is 9.84 Å². The molecule has 29 heavy (non-hydrogen) atoms. The molecule has 0 aromatic heterocycles. The number of benzene rings is 1. The first-order valence-electron chi connectivity index (χ1n) is 10.8. The highest BCUT2D eigenvalue weighted by Gasteiger charge is 2.27. The van der Waals surface area contributed by atoms with Crippen molar-refractivity contribution in [2.24, 2.45) is 4.99 Å². The maximum Gasteiger partial charge on any atom is 0.191 e. The van der Waals surface area contributed by atoms with Gasteiger partial charge in [-0.25, -0.2) is 4.99 Å². The average Bonchev–Trinajstić information content (AvgIpc) is 2.74. The van der Waals surface area contributed by atoms with E-state index in [1.165, 1.54) is 51.5 Å². The molecule has 0 spiro atoms. The Morgan fingerprint density at radius 3 is 2.72 bits per heavy atom. The Morgan fingerprint density at radius 2 is 2.00 bits per heavy atom. The maximum absolute atomic E-state index is 10.3. The highest BCUT2D eigenvalue weighted by Crippen LogP contribution is 2.29. The largest absolute Gasteiger partial charge is 0.504 e. The van der Waals surface area contributed by atoms with Crippen LogP contribution in [0.3, 0.4) is 0 Å². The van der Waals surface area contributed by atoms with Crippen LogP contribution in [0.25, 0.3) is 0 Å². The fraction of sp³-hybridized carbons (Fsp3) is 0.682. The number of likely N-dealkylation sites (tertiary alicyclic amines) is 1. The van der Waals surface area contributed by atoms with Gasteiger partial charge in [0, 0.05) is 30.7 Å². The van der Waals surface area contributed by atoms with Crippen LogP contribution < -0.4 is 15.4 Å². The molecule has 1 aromatic rings. The number of para-hydroxylation sites is 1. The second-order valence-electron chi connectivity index (χ2n) is 7.93. The van der Waals surface area contributed by atoms with Crippen molar-refractivity contribution in [2.75, 3.05) is 26.7 Å². The number of aliphatic imine (C=N–C) groups is 1. The predicted molar refractivity (Wildman–Crippen MR) is 129 cm³/mol. The zero-order chi connectivity index (χ0) is 19.8. The lowest BCUT2D eigenvalue weighted by Crippen LogP contribution is -2.53. The molecule has 1 aromatic carbocycles. The predicted octanol–water partition coefficient (Wildman–Crippen LogP) is 3.87. The summed E-state index contributed by atoms with van der Waals surface area (Å²) in [5.41, 5.74) is 0.768. The Hall–Kier alpha value is -1.22. The fourth-order valence-electron chi connectivity index (χ4n) is 4.44. The van der Waals surface area contributed by atoms with Gasteiger partial charge in [0.2, 0.25) is 0 Å². The Balaban J connectivity index is 0.00000300. The van der Waals surface area contributed by atoms with E-state index in [1.807, 2.05) is 12.1 Å². The van der Waals surface area contributed by atoms with Gasteiger partial charge in [-0.3, -0.25) is 4.90 Å². The maximum atomic E-state index is 10.3. The van der Waals surface area contributed by atoms with E-state index in [1.54, 1.807) is 13.2 Å². The first-order valence-corrected chi connectivity index (χ1v) is 10.8. The van der Waals surface area contributed by atoms with Crippen LogP contribution in [0.2, 0.25) is 0 Å². The molecule has 1 saturated carbocycles. The molecular weight excluding hydrogens is 479 g/mol.